The molecule has 2 heterocycles. The maximum absolute atomic E-state index is 13.7. The molecule has 120 valence electrons. The summed E-state index contributed by atoms with van der Waals surface area (Å²) in [5.41, 5.74) is 0. The normalized spacial score (nSPS) is 13.1. The van der Waals surface area contributed by atoms with Crippen LogP contribution in [0.4, 0.5) is 4.39 Å². The average Bonchev–Trinajstić information content (AvgIpc) is 3.21. The topological polar surface area (TPSA) is 77.1 Å². The molecule has 0 bridgehead atoms. The zero-order valence-corrected chi connectivity index (χ0v) is 12.8. The van der Waals surface area contributed by atoms with Crippen LogP contribution in [-0.4, -0.2) is 24.7 Å². The van der Waals surface area contributed by atoms with Crippen molar-refractivity contribution in [1.29, 1.82) is 0 Å². The molecule has 23 heavy (non-hydrogen) atoms. The van der Waals surface area contributed by atoms with Crippen molar-refractivity contribution in [2.75, 3.05) is 6.54 Å². The molecule has 0 saturated carbocycles. The Bertz CT molecular complexity index is 827. The summed E-state index contributed by atoms with van der Waals surface area (Å²) in [5.74, 6) is -0.251. The Kier molecular flexibility index (Phi) is 4.26. The van der Waals surface area contributed by atoms with Gasteiger partial charge in [-0.3, -0.25) is 4.68 Å². The average molecular weight is 335 g/mol. The molecule has 6 nitrogen and oxygen atoms in total. The number of rotatable bonds is 6. The van der Waals surface area contributed by atoms with Crippen LogP contribution < -0.4 is 4.72 Å². The van der Waals surface area contributed by atoms with Crippen LogP contribution in [0.1, 0.15) is 11.8 Å². The predicted molar refractivity (Wildman–Crippen MR) is 80.7 cm³/mol. The second-order valence-electron chi connectivity index (χ2n) is 4.80. The first-order chi connectivity index (χ1) is 11.1. The molecule has 1 atom stereocenters. The van der Waals surface area contributed by atoms with Gasteiger partial charge < -0.3 is 4.42 Å². The van der Waals surface area contributed by atoms with E-state index in [1.54, 1.807) is 35.3 Å². The van der Waals surface area contributed by atoms with Gasteiger partial charge >= 0.3 is 0 Å². The second-order valence-corrected chi connectivity index (χ2v) is 6.53. The van der Waals surface area contributed by atoms with Gasteiger partial charge in [0.25, 0.3) is 0 Å². The molecule has 0 spiro atoms. The van der Waals surface area contributed by atoms with Gasteiger partial charge in [-0.2, -0.15) is 5.10 Å². The van der Waals surface area contributed by atoms with E-state index in [-0.39, 0.29) is 6.54 Å². The van der Waals surface area contributed by atoms with Crippen LogP contribution in [-0.2, 0) is 10.0 Å². The third kappa shape index (κ3) is 3.33. The minimum Gasteiger partial charge on any atom is -0.467 e. The largest absolute Gasteiger partial charge is 0.467 e. The van der Waals surface area contributed by atoms with E-state index in [1.165, 1.54) is 24.5 Å². The fourth-order valence-corrected chi connectivity index (χ4v) is 3.31. The van der Waals surface area contributed by atoms with E-state index in [0.29, 0.717) is 5.76 Å². The summed E-state index contributed by atoms with van der Waals surface area (Å²) in [5, 5.41) is 4.11. The van der Waals surface area contributed by atoms with E-state index in [4.69, 9.17) is 4.42 Å². The van der Waals surface area contributed by atoms with Gasteiger partial charge in [-0.1, -0.05) is 12.1 Å². The Labute approximate surface area is 132 Å². The Morgan fingerprint density at radius 2 is 2.04 bits per heavy atom. The molecule has 1 aromatic carbocycles. The van der Waals surface area contributed by atoms with Gasteiger partial charge in [0.05, 0.1) is 6.26 Å². The van der Waals surface area contributed by atoms with E-state index < -0.39 is 26.8 Å². The highest BCUT2D eigenvalue weighted by molar-refractivity contribution is 7.89. The first-order valence-electron chi connectivity index (χ1n) is 6.84. The van der Waals surface area contributed by atoms with Gasteiger partial charge in [0, 0.05) is 18.9 Å². The number of hydrogen-bond acceptors (Lipinski definition) is 4. The molecule has 3 rings (SSSR count). The van der Waals surface area contributed by atoms with Crippen LogP contribution in [0.2, 0.25) is 0 Å². The minimum absolute atomic E-state index is 0.0220. The highest BCUT2D eigenvalue weighted by atomic mass is 32.2. The van der Waals surface area contributed by atoms with Crippen molar-refractivity contribution in [3.05, 3.63) is 72.7 Å². The van der Waals surface area contributed by atoms with Gasteiger partial charge in [0.15, 0.2) is 0 Å². The Morgan fingerprint density at radius 3 is 2.70 bits per heavy atom. The van der Waals surface area contributed by atoms with Crippen molar-refractivity contribution < 1.29 is 17.2 Å². The summed E-state index contributed by atoms with van der Waals surface area (Å²) in [7, 11) is -3.98. The van der Waals surface area contributed by atoms with Gasteiger partial charge in [-0.05, 0) is 30.3 Å². The summed E-state index contributed by atoms with van der Waals surface area (Å²) >= 11 is 0. The lowest BCUT2D eigenvalue weighted by Gasteiger charge is -2.16. The Balaban J connectivity index is 1.84. The lowest BCUT2D eigenvalue weighted by atomic mass is 10.2. The molecule has 0 fully saturated rings. The van der Waals surface area contributed by atoms with Crippen molar-refractivity contribution in [3.8, 4) is 0 Å². The molecule has 0 saturated heterocycles. The standard InChI is InChI=1S/C15H14FN3O3S/c16-12-5-1-2-7-15(12)23(20,21)18-11-13(14-6-3-10-22-14)19-9-4-8-17-19/h1-10,13,18H,11H2. The third-order valence-corrected chi connectivity index (χ3v) is 4.77. The quantitative estimate of drug-likeness (QED) is 0.749. The van der Waals surface area contributed by atoms with Crippen molar-refractivity contribution in [2.24, 2.45) is 0 Å². The van der Waals surface area contributed by atoms with Crippen LogP contribution in [0.15, 0.2) is 70.4 Å². The highest BCUT2D eigenvalue weighted by Gasteiger charge is 2.23. The Morgan fingerprint density at radius 1 is 1.22 bits per heavy atom. The van der Waals surface area contributed by atoms with Crippen LogP contribution in [0, 0.1) is 5.82 Å². The zero-order valence-electron chi connectivity index (χ0n) is 12.0. The van der Waals surface area contributed by atoms with Crippen molar-refractivity contribution in [3.63, 3.8) is 0 Å². The molecule has 1 N–H and O–H groups in total. The smallest absolute Gasteiger partial charge is 0.243 e. The molecular formula is C15H14FN3O3S. The summed E-state index contributed by atoms with van der Waals surface area (Å²) in [6.45, 7) is -0.0220. The fourth-order valence-electron chi connectivity index (χ4n) is 2.20. The molecule has 1 unspecified atom stereocenters. The lowest BCUT2D eigenvalue weighted by molar-refractivity contribution is 0.402. The molecule has 3 aromatic rings. The SMILES string of the molecule is O=S(=O)(NCC(c1ccco1)n1cccn1)c1ccccc1F. The number of furan rings is 1. The van der Waals surface area contributed by atoms with Gasteiger partial charge in [-0.15, -0.1) is 0 Å². The van der Waals surface area contributed by atoms with Gasteiger partial charge in [0.1, 0.15) is 22.5 Å². The van der Waals surface area contributed by atoms with E-state index >= 15 is 0 Å². The highest BCUT2D eigenvalue weighted by Crippen LogP contribution is 2.19. The second kappa shape index (κ2) is 6.35. The first kappa shape index (κ1) is 15.4. The van der Waals surface area contributed by atoms with E-state index in [9.17, 15) is 12.8 Å². The van der Waals surface area contributed by atoms with Crippen LogP contribution >= 0.6 is 0 Å². The molecule has 2 aromatic heterocycles. The summed E-state index contributed by atoms with van der Waals surface area (Å²) in [4.78, 5) is -0.390. The molecular weight excluding hydrogens is 321 g/mol. The van der Waals surface area contributed by atoms with E-state index in [0.717, 1.165) is 6.07 Å². The molecule has 0 radical (unpaired) electrons. The Hall–Kier alpha value is -2.45. The minimum atomic E-state index is -3.98. The summed E-state index contributed by atoms with van der Waals surface area (Å²) in [6, 6.07) is 9.90. The first-order valence-corrected chi connectivity index (χ1v) is 8.33. The van der Waals surface area contributed by atoms with Gasteiger partial charge in [-0.25, -0.2) is 17.5 Å². The molecule has 0 aliphatic heterocycles. The molecule has 8 heteroatoms. The number of nitrogens with one attached hydrogen (secondary N) is 1. The number of halogens is 1. The third-order valence-electron chi connectivity index (χ3n) is 3.31. The molecule has 0 aliphatic rings. The maximum Gasteiger partial charge on any atom is 0.243 e. The fraction of sp³-hybridized carbons (Fsp3) is 0.133. The van der Waals surface area contributed by atoms with Crippen LogP contribution in [0.25, 0.3) is 0 Å². The van der Waals surface area contributed by atoms with Gasteiger partial charge in [0.2, 0.25) is 10.0 Å². The number of hydrogen-bond donors (Lipinski definition) is 1. The zero-order chi connectivity index (χ0) is 16.3. The molecule has 0 amide bonds. The van der Waals surface area contributed by atoms with Crippen molar-refractivity contribution in [1.82, 2.24) is 14.5 Å². The van der Waals surface area contributed by atoms with Crippen molar-refractivity contribution >= 4 is 10.0 Å². The van der Waals surface area contributed by atoms with E-state index in [1.807, 2.05) is 0 Å². The number of benzene rings is 1. The number of nitrogens with zero attached hydrogens (tertiary/aromatic N) is 2. The predicted octanol–water partition coefficient (Wildman–Crippen LogP) is 2.18. The number of aromatic nitrogens is 2. The van der Waals surface area contributed by atoms with Crippen molar-refractivity contribution in [2.45, 2.75) is 10.9 Å². The summed E-state index contributed by atoms with van der Waals surface area (Å²) in [6.07, 6.45) is 4.78. The van der Waals surface area contributed by atoms with Crippen LogP contribution in [0.3, 0.4) is 0 Å². The monoisotopic (exact) mass is 335 g/mol. The lowest BCUT2D eigenvalue weighted by Crippen LogP contribution is -2.32. The van der Waals surface area contributed by atoms with Crippen LogP contribution in [0.5, 0.6) is 0 Å². The maximum atomic E-state index is 13.7. The molecule has 0 aliphatic carbocycles. The number of sulfonamides is 1. The van der Waals surface area contributed by atoms with E-state index in [2.05, 4.69) is 9.82 Å². The summed E-state index contributed by atoms with van der Waals surface area (Å²) < 4.78 is 47.6.